The minimum absolute atomic E-state index is 0.0599. The fraction of sp³-hybridized carbons (Fsp3) is 0.235. The Morgan fingerprint density at radius 3 is 1.98 bits per heavy atom. The average Bonchev–Trinajstić information content (AvgIpc) is 3.03. The predicted molar refractivity (Wildman–Crippen MR) is 169 cm³/mol. The molecule has 0 heterocycles. The number of carbonyl (C=O) groups is 2. The third-order valence-corrected chi connectivity index (χ3v) is 8.90. The van der Waals surface area contributed by atoms with Gasteiger partial charge >= 0.3 is 0 Å². The van der Waals surface area contributed by atoms with Crippen LogP contribution in [0.3, 0.4) is 0 Å². The summed E-state index contributed by atoms with van der Waals surface area (Å²) in [5.41, 5.74) is 2.21. The smallest absolute Gasteiger partial charge is 0.264 e. The lowest BCUT2D eigenvalue weighted by Crippen LogP contribution is -2.52. The van der Waals surface area contributed by atoms with Crippen LogP contribution in [0.25, 0.3) is 0 Å². The first kappa shape index (κ1) is 31.3. The largest absolute Gasteiger partial charge is 0.457 e. The molecular formula is C34H37N3O5S. The normalized spacial score (nSPS) is 11.8. The molecule has 0 fully saturated rings. The van der Waals surface area contributed by atoms with E-state index in [-0.39, 0.29) is 17.3 Å². The highest BCUT2D eigenvalue weighted by Gasteiger charge is 2.33. The van der Waals surface area contributed by atoms with E-state index in [2.05, 4.69) is 5.32 Å². The van der Waals surface area contributed by atoms with Crippen LogP contribution in [0.2, 0.25) is 0 Å². The molecule has 9 heteroatoms. The van der Waals surface area contributed by atoms with Gasteiger partial charge in [0.2, 0.25) is 11.8 Å². The van der Waals surface area contributed by atoms with Crippen molar-refractivity contribution in [2.75, 3.05) is 24.4 Å². The lowest BCUT2D eigenvalue weighted by atomic mass is 10.1. The van der Waals surface area contributed by atoms with Gasteiger partial charge in [0.15, 0.2) is 0 Å². The van der Waals surface area contributed by atoms with E-state index in [1.54, 1.807) is 36.4 Å². The topological polar surface area (TPSA) is 96.0 Å². The fourth-order valence-electron chi connectivity index (χ4n) is 4.73. The standard InChI is InChI=1S/C34H37N3O5S/c1-4-32(34(39)35-3)36(24-23-27-11-7-5-8-12-27)33(38)25-37(43(40,41)31-21-15-26(2)16-22-31)28-17-19-30(20-18-28)42-29-13-9-6-10-14-29/h5-22,32H,4,23-25H2,1-3H3,(H,35,39)/t32-/m0/s1. The number of carbonyl (C=O) groups excluding carboxylic acids is 2. The van der Waals surface area contributed by atoms with Gasteiger partial charge in [-0.15, -0.1) is 0 Å². The molecule has 0 saturated carbocycles. The lowest BCUT2D eigenvalue weighted by Gasteiger charge is -2.33. The second-order valence-electron chi connectivity index (χ2n) is 10.1. The number of ether oxygens (including phenoxy) is 1. The molecule has 8 nitrogen and oxygen atoms in total. The second kappa shape index (κ2) is 14.5. The van der Waals surface area contributed by atoms with Crippen LogP contribution in [-0.4, -0.2) is 51.3 Å². The summed E-state index contributed by atoms with van der Waals surface area (Å²) in [4.78, 5) is 28.4. The van der Waals surface area contributed by atoms with Gasteiger partial charge in [0.05, 0.1) is 10.6 Å². The van der Waals surface area contributed by atoms with Gasteiger partial charge in [0, 0.05) is 13.6 Å². The van der Waals surface area contributed by atoms with E-state index >= 15 is 0 Å². The maximum atomic E-state index is 14.0. The number of hydrogen-bond donors (Lipinski definition) is 1. The van der Waals surface area contributed by atoms with Crippen LogP contribution in [0.4, 0.5) is 5.69 Å². The predicted octanol–water partition coefficient (Wildman–Crippen LogP) is 5.58. The van der Waals surface area contributed by atoms with Crippen molar-refractivity contribution in [1.82, 2.24) is 10.2 Å². The summed E-state index contributed by atoms with van der Waals surface area (Å²) in [6.45, 7) is 3.46. The Labute approximate surface area is 254 Å². The second-order valence-corrected chi connectivity index (χ2v) is 12.0. The van der Waals surface area contributed by atoms with Crippen molar-refractivity contribution >= 4 is 27.5 Å². The van der Waals surface area contributed by atoms with Gasteiger partial charge in [-0.3, -0.25) is 13.9 Å². The molecule has 0 aliphatic carbocycles. The van der Waals surface area contributed by atoms with E-state index in [9.17, 15) is 18.0 Å². The number of likely N-dealkylation sites (N-methyl/N-ethyl adjacent to an activating group) is 1. The van der Waals surface area contributed by atoms with Gasteiger partial charge in [0.25, 0.3) is 10.0 Å². The molecule has 0 aliphatic rings. The first-order chi connectivity index (χ1) is 20.7. The van der Waals surface area contributed by atoms with Crippen LogP contribution in [0.5, 0.6) is 11.5 Å². The van der Waals surface area contributed by atoms with Gasteiger partial charge in [-0.2, -0.15) is 0 Å². The van der Waals surface area contributed by atoms with Gasteiger partial charge < -0.3 is 15.0 Å². The summed E-state index contributed by atoms with van der Waals surface area (Å²) >= 11 is 0. The molecule has 0 aliphatic heterocycles. The molecule has 4 aromatic carbocycles. The molecule has 43 heavy (non-hydrogen) atoms. The van der Waals surface area contributed by atoms with Crippen LogP contribution in [0.15, 0.2) is 114 Å². The van der Waals surface area contributed by atoms with Crippen LogP contribution >= 0.6 is 0 Å². The number of hydrogen-bond acceptors (Lipinski definition) is 5. The maximum Gasteiger partial charge on any atom is 0.264 e. The molecular weight excluding hydrogens is 562 g/mol. The Bertz CT molecular complexity index is 1590. The minimum atomic E-state index is -4.15. The molecule has 224 valence electrons. The number of aryl methyl sites for hydroxylation is 1. The number of rotatable bonds is 13. The van der Waals surface area contributed by atoms with Crippen LogP contribution in [0, 0.1) is 6.92 Å². The Morgan fingerprint density at radius 2 is 1.40 bits per heavy atom. The molecule has 0 aromatic heterocycles. The summed E-state index contributed by atoms with van der Waals surface area (Å²) in [6, 6.07) is 31.2. The van der Waals surface area contributed by atoms with Crippen molar-refractivity contribution < 1.29 is 22.7 Å². The molecule has 1 atom stereocenters. The average molecular weight is 600 g/mol. The molecule has 0 bridgehead atoms. The number of nitrogens with one attached hydrogen (secondary N) is 1. The van der Waals surface area contributed by atoms with E-state index in [1.807, 2.05) is 74.5 Å². The SMILES string of the molecule is CC[C@@H](C(=O)NC)N(CCc1ccccc1)C(=O)CN(c1ccc(Oc2ccccc2)cc1)S(=O)(=O)c1ccc(C)cc1. The third-order valence-electron chi connectivity index (χ3n) is 7.11. The maximum absolute atomic E-state index is 14.0. The number of para-hydroxylation sites is 1. The van der Waals surface area contributed by atoms with Crippen molar-refractivity contribution in [3.05, 3.63) is 120 Å². The summed E-state index contributed by atoms with van der Waals surface area (Å²) in [6.07, 6.45) is 0.882. The van der Waals surface area contributed by atoms with Gasteiger partial charge in [0.1, 0.15) is 24.1 Å². The molecule has 0 saturated heterocycles. The molecule has 1 N–H and O–H groups in total. The highest BCUT2D eigenvalue weighted by molar-refractivity contribution is 7.92. The Kier molecular flexibility index (Phi) is 10.6. The van der Waals surface area contributed by atoms with Crippen LogP contribution in [0.1, 0.15) is 24.5 Å². The quantitative estimate of drug-likeness (QED) is 0.217. The first-order valence-corrected chi connectivity index (χ1v) is 15.6. The molecule has 0 spiro atoms. The van der Waals surface area contributed by atoms with E-state index < -0.39 is 28.5 Å². The van der Waals surface area contributed by atoms with Gasteiger partial charge in [-0.05, 0) is 73.9 Å². The molecule has 0 radical (unpaired) electrons. The Balaban J connectivity index is 1.68. The summed E-state index contributed by atoms with van der Waals surface area (Å²) in [5, 5.41) is 2.64. The minimum Gasteiger partial charge on any atom is -0.457 e. The van der Waals surface area contributed by atoms with Crippen molar-refractivity contribution in [3.63, 3.8) is 0 Å². The number of sulfonamides is 1. The zero-order valence-electron chi connectivity index (χ0n) is 24.6. The van der Waals surface area contributed by atoms with Crippen molar-refractivity contribution in [2.45, 2.75) is 37.6 Å². The molecule has 2 amide bonds. The number of amides is 2. The Morgan fingerprint density at radius 1 is 0.814 bits per heavy atom. The summed E-state index contributed by atoms with van der Waals surface area (Å²) in [5.74, 6) is 0.374. The number of nitrogens with zero attached hydrogens (tertiary/aromatic N) is 2. The highest BCUT2D eigenvalue weighted by Crippen LogP contribution is 2.28. The third kappa shape index (κ3) is 8.02. The Hall–Kier alpha value is -4.63. The number of benzene rings is 4. The van der Waals surface area contributed by atoms with Crippen molar-refractivity contribution in [1.29, 1.82) is 0 Å². The molecule has 0 unspecified atom stereocenters. The summed E-state index contributed by atoms with van der Waals surface area (Å²) < 4.78 is 35.0. The monoisotopic (exact) mass is 599 g/mol. The van der Waals surface area contributed by atoms with E-state index in [0.717, 1.165) is 15.4 Å². The van der Waals surface area contributed by atoms with E-state index in [1.165, 1.54) is 24.1 Å². The lowest BCUT2D eigenvalue weighted by molar-refractivity contribution is -0.139. The molecule has 4 rings (SSSR count). The van der Waals surface area contributed by atoms with Crippen molar-refractivity contribution in [2.24, 2.45) is 0 Å². The summed E-state index contributed by atoms with van der Waals surface area (Å²) in [7, 11) is -2.63. The zero-order chi connectivity index (χ0) is 30.8. The van der Waals surface area contributed by atoms with Crippen LogP contribution < -0.4 is 14.4 Å². The van der Waals surface area contributed by atoms with Crippen LogP contribution in [-0.2, 0) is 26.0 Å². The van der Waals surface area contributed by atoms with Crippen molar-refractivity contribution in [3.8, 4) is 11.5 Å². The van der Waals surface area contributed by atoms with Gasteiger partial charge in [-0.1, -0.05) is 73.2 Å². The highest BCUT2D eigenvalue weighted by atomic mass is 32.2. The molecule has 4 aromatic rings. The van der Waals surface area contributed by atoms with E-state index in [0.29, 0.717) is 30.0 Å². The number of anilines is 1. The zero-order valence-corrected chi connectivity index (χ0v) is 25.5. The van der Waals surface area contributed by atoms with Gasteiger partial charge in [-0.25, -0.2) is 8.42 Å². The first-order valence-electron chi connectivity index (χ1n) is 14.2. The van der Waals surface area contributed by atoms with E-state index in [4.69, 9.17) is 4.74 Å². The fourth-order valence-corrected chi connectivity index (χ4v) is 6.15.